The first-order chi connectivity index (χ1) is 39.4. The number of carbonyl (C=O) groups excluding carboxylic acids is 4. The van der Waals surface area contributed by atoms with Crippen LogP contribution < -0.4 is 0 Å². The number of rotatable bonds is 62. The summed E-state index contributed by atoms with van der Waals surface area (Å²) in [6, 6.07) is 0. The maximum atomic E-state index is 13.0. The Morgan fingerprint density at radius 1 is 0.354 bits per heavy atom. The van der Waals surface area contributed by atoms with Gasteiger partial charge in [0.2, 0.25) is 0 Å². The van der Waals surface area contributed by atoms with Gasteiger partial charge in [-0.25, -0.2) is 9.13 Å². The molecule has 0 aromatic rings. The summed E-state index contributed by atoms with van der Waals surface area (Å²) in [7, 11) is -9.87. The van der Waals surface area contributed by atoms with E-state index in [-0.39, 0.29) is 25.7 Å². The van der Waals surface area contributed by atoms with Crippen molar-refractivity contribution in [3.63, 3.8) is 0 Å². The van der Waals surface area contributed by atoms with Crippen LogP contribution in [-0.2, 0) is 65.4 Å². The number of hydrogen-bond acceptors (Lipinski definition) is 15. The highest BCUT2D eigenvalue weighted by Crippen LogP contribution is 2.45. The topological polar surface area (TPSA) is 237 Å². The van der Waals surface area contributed by atoms with Crippen LogP contribution in [0.2, 0.25) is 0 Å². The highest BCUT2D eigenvalue weighted by Gasteiger charge is 2.30. The predicted octanol–water partition coefficient (Wildman–Crippen LogP) is 17.3. The monoisotopic (exact) mass is 1210 g/mol. The Morgan fingerprint density at radius 2 is 0.622 bits per heavy atom. The number of hydrogen-bond donors (Lipinski definition) is 3. The minimum Gasteiger partial charge on any atom is -0.462 e. The number of phosphoric ester groups is 2. The second-order valence-electron chi connectivity index (χ2n) is 23.5. The van der Waals surface area contributed by atoms with Crippen LogP contribution in [0.1, 0.15) is 311 Å². The van der Waals surface area contributed by atoms with E-state index in [1.54, 1.807) is 0 Å². The molecule has 0 aliphatic rings. The Kier molecular flexibility index (Phi) is 54.3. The maximum absolute atomic E-state index is 13.0. The zero-order valence-electron chi connectivity index (χ0n) is 52.8. The molecular formula is C63H122O17P2. The molecule has 82 heavy (non-hydrogen) atoms. The number of phosphoric acid groups is 2. The summed E-state index contributed by atoms with van der Waals surface area (Å²) in [6.45, 7) is 9.40. The average molecular weight is 1210 g/mol. The number of aliphatic hydroxyl groups excluding tert-OH is 1. The SMILES string of the molecule is CCCCCCCCCCC(=O)O[C@H](COC(=O)CCCCCCC)COP(=O)(O)OC[C@H](O)COP(=O)(O)OC[C@@H](COC(=O)CCCCCCCCCCC(C)CC)OC(=O)CCCCCCCCCCCCCCCCC(C)C. The highest BCUT2D eigenvalue weighted by atomic mass is 31.2. The molecule has 0 heterocycles. The predicted molar refractivity (Wildman–Crippen MR) is 326 cm³/mol. The first-order valence-electron chi connectivity index (χ1n) is 33.0. The summed E-state index contributed by atoms with van der Waals surface area (Å²) in [5.41, 5.74) is 0. The number of esters is 4. The zero-order chi connectivity index (χ0) is 60.8. The van der Waals surface area contributed by atoms with E-state index < -0.39 is 97.5 Å². The molecule has 0 aromatic carbocycles. The molecule has 0 rings (SSSR count). The summed E-state index contributed by atoms with van der Waals surface area (Å²) in [6.07, 6.45) is 38.0. The molecule has 0 aliphatic carbocycles. The summed E-state index contributed by atoms with van der Waals surface area (Å²) < 4.78 is 67.7. The van der Waals surface area contributed by atoms with Crippen LogP contribution in [0.25, 0.3) is 0 Å². The van der Waals surface area contributed by atoms with Crippen LogP contribution in [0.3, 0.4) is 0 Å². The van der Waals surface area contributed by atoms with Crippen molar-refractivity contribution in [1.82, 2.24) is 0 Å². The average Bonchev–Trinajstić information content (AvgIpc) is 3.45. The van der Waals surface area contributed by atoms with Gasteiger partial charge in [0.1, 0.15) is 19.3 Å². The molecule has 0 aromatic heterocycles. The molecule has 6 atom stereocenters. The van der Waals surface area contributed by atoms with Crippen LogP contribution >= 0.6 is 15.6 Å². The van der Waals surface area contributed by atoms with E-state index in [0.717, 1.165) is 115 Å². The fourth-order valence-electron chi connectivity index (χ4n) is 9.32. The van der Waals surface area contributed by atoms with Gasteiger partial charge in [-0.2, -0.15) is 0 Å². The lowest BCUT2D eigenvalue weighted by Crippen LogP contribution is -2.30. The summed E-state index contributed by atoms with van der Waals surface area (Å²) in [4.78, 5) is 71.8. The summed E-state index contributed by atoms with van der Waals surface area (Å²) in [5.74, 6) is -0.576. The van der Waals surface area contributed by atoms with E-state index in [2.05, 4.69) is 41.5 Å². The van der Waals surface area contributed by atoms with E-state index in [4.69, 9.17) is 37.0 Å². The van der Waals surface area contributed by atoms with Gasteiger partial charge in [0.15, 0.2) is 12.2 Å². The van der Waals surface area contributed by atoms with Crippen LogP contribution in [0.5, 0.6) is 0 Å². The van der Waals surface area contributed by atoms with Gasteiger partial charge < -0.3 is 33.8 Å². The van der Waals surface area contributed by atoms with Gasteiger partial charge in [-0.15, -0.1) is 0 Å². The largest absolute Gasteiger partial charge is 0.472 e. The Morgan fingerprint density at radius 3 is 0.927 bits per heavy atom. The Hall–Kier alpha value is -1.94. The van der Waals surface area contributed by atoms with E-state index in [1.165, 1.54) is 116 Å². The van der Waals surface area contributed by atoms with Crippen molar-refractivity contribution < 1.29 is 80.2 Å². The van der Waals surface area contributed by atoms with Gasteiger partial charge in [-0.3, -0.25) is 37.3 Å². The molecule has 0 saturated carbocycles. The smallest absolute Gasteiger partial charge is 0.462 e. The van der Waals surface area contributed by atoms with E-state index in [9.17, 15) is 43.2 Å². The van der Waals surface area contributed by atoms with Gasteiger partial charge in [0.25, 0.3) is 0 Å². The standard InChI is InChI=1S/C63H122O17P2/c1-7-10-12-14-15-28-35-41-47-62(67)79-58(51-73-60(65)45-39-31-13-11-8-2)53-77-81(69,70)75-49-57(64)50-76-82(71,72)78-54-59(52-74-61(66)46-40-34-29-25-24-27-33-38-44-56(6)9-3)80-63(68)48-42-36-30-23-21-19-17-16-18-20-22-26-32-37-43-55(4)5/h55-59,64H,7-54H2,1-6H3,(H,69,70)(H,71,72)/t56?,57-,58+,59+/m0/s1. The van der Waals surface area contributed by atoms with Crippen LogP contribution in [0, 0.1) is 11.8 Å². The maximum Gasteiger partial charge on any atom is 0.472 e. The first kappa shape index (κ1) is 80.1. The number of aliphatic hydroxyl groups is 1. The molecule has 0 bridgehead atoms. The highest BCUT2D eigenvalue weighted by molar-refractivity contribution is 7.47. The summed E-state index contributed by atoms with van der Waals surface area (Å²) >= 11 is 0. The van der Waals surface area contributed by atoms with Crippen LogP contribution in [0.15, 0.2) is 0 Å². The van der Waals surface area contributed by atoms with Crippen molar-refractivity contribution in [2.24, 2.45) is 11.8 Å². The molecule has 3 N–H and O–H groups in total. The summed E-state index contributed by atoms with van der Waals surface area (Å²) in [5, 5.41) is 10.5. The molecule has 486 valence electrons. The second-order valence-corrected chi connectivity index (χ2v) is 26.4. The minimum atomic E-state index is -4.94. The van der Waals surface area contributed by atoms with Gasteiger partial charge >= 0.3 is 39.5 Å². The van der Waals surface area contributed by atoms with Crippen molar-refractivity contribution in [2.75, 3.05) is 39.6 Å². The van der Waals surface area contributed by atoms with Crippen molar-refractivity contribution in [1.29, 1.82) is 0 Å². The molecule has 19 heteroatoms. The lowest BCUT2D eigenvalue weighted by atomic mass is 9.99. The van der Waals surface area contributed by atoms with Gasteiger partial charge in [-0.1, -0.05) is 260 Å². The number of carbonyl (C=O) groups is 4. The van der Waals surface area contributed by atoms with E-state index in [0.29, 0.717) is 25.7 Å². The van der Waals surface area contributed by atoms with Gasteiger partial charge in [0.05, 0.1) is 26.4 Å². The lowest BCUT2D eigenvalue weighted by Gasteiger charge is -2.21. The van der Waals surface area contributed by atoms with Crippen LogP contribution in [-0.4, -0.2) is 96.7 Å². The van der Waals surface area contributed by atoms with Crippen molar-refractivity contribution in [3.8, 4) is 0 Å². The quantitative estimate of drug-likeness (QED) is 0.0222. The van der Waals surface area contributed by atoms with Gasteiger partial charge in [0, 0.05) is 25.7 Å². The Labute approximate surface area is 498 Å². The molecule has 0 saturated heterocycles. The Bertz CT molecular complexity index is 1620. The van der Waals surface area contributed by atoms with Crippen molar-refractivity contribution in [2.45, 2.75) is 330 Å². The van der Waals surface area contributed by atoms with Crippen LogP contribution in [0.4, 0.5) is 0 Å². The fraction of sp³-hybridized carbons (Fsp3) is 0.937. The van der Waals surface area contributed by atoms with E-state index in [1.807, 2.05) is 0 Å². The second kappa shape index (κ2) is 55.6. The molecule has 0 radical (unpaired) electrons. The lowest BCUT2D eigenvalue weighted by molar-refractivity contribution is -0.161. The van der Waals surface area contributed by atoms with Crippen molar-refractivity contribution in [3.05, 3.63) is 0 Å². The molecular weight excluding hydrogens is 1090 g/mol. The Balaban J connectivity index is 5.15. The molecule has 0 spiro atoms. The molecule has 0 aliphatic heterocycles. The molecule has 17 nitrogen and oxygen atoms in total. The van der Waals surface area contributed by atoms with Crippen molar-refractivity contribution >= 4 is 39.5 Å². The molecule has 0 amide bonds. The molecule has 3 unspecified atom stereocenters. The normalized spacial score (nSPS) is 14.7. The zero-order valence-corrected chi connectivity index (χ0v) is 54.6. The van der Waals surface area contributed by atoms with E-state index >= 15 is 0 Å². The fourth-order valence-corrected chi connectivity index (χ4v) is 10.9. The third kappa shape index (κ3) is 55.9. The van der Waals surface area contributed by atoms with Gasteiger partial charge in [-0.05, 0) is 37.5 Å². The minimum absolute atomic E-state index is 0.104. The third-order valence-corrected chi connectivity index (χ3v) is 16.7. The first-order valence-corrected chi connectivity index (χ1v) is 36.0. The third-order valence-electron chi connectivity index (χ3n) is 14.8. The number of unbranched alkanes of at least 4 members (excludes halogenated alkanes) is 31. The number of ether oxygens (including phenoxy) is 4. The molecule has 0 fully saturated rings.